The van der Waals surface area contributed by atoms with Crippen molar-refractivity contribution in [1.82, 2.24) is 0 Å². The van der Waals surface area contributed by atoms with Gasteiger partial charge in [-0.3, -0.25) is 4.79 Å². The van der Waals surface area contributed by atoms with Crippen LogP contribution < -0.4 is 5.73 Å². The van der Waals surface area contributed by atoms with Crippen LogP contribution in [0.15, 0.2) is 30.3 Å². The lowest BCUT2D eigenvalue weighted by molar-refractivity contribution is -0.264. The Bertz CT molecular complexity index is 377. The lowest BCUT2D eigenvalue weighted by atomic mass is 9.92. The Kier molecular flexibility index (Phi) is 3.23. The number of carbonyl (C=O) groups is 1. The average Bonchev–Trinajstić information content (AvgIpc) is 2.18. The minimum Gasteiger partial charge on any atom is -0.367 e. The van der Waals surface area contributed by atoms with Crippen LogP contribution in [0.4, 0.5) is 13.2 Å². The van der Waals surface area contributed by atoms with Crippen molar-refractivity contribution >= 4 is 5.91 Å². The smallest absolute Gasteiger partial charge is 0.367 e. The molecule has 0 spiro atoms. The summed E-state index contributed by atoms with van der Waals surface area (Å²) in [4.78, 5) is 11.1. The van der Waals surface area contributed by atoms with Gasteiger partial charge in [0.25, 0.3) is 11.5 Å². The zero-order valence-corrected chi connectivity index (χ0v) is 8.41. The molecule has 3 nitrogen and oxygen atoms in total. The number of halogens is 3. The second-order valence-corrected chi connectivity index (χ2v) is 3.11. The van der Waals surface area contributed by atoms with Gasteiger partial charge in [-0.1, -0.05) is 30.3 Å². The lowest BCUT2D eigenvalue weighted by Gasteiger charge is -2.31. The SMILES string of the molecule is CO[C@@](C(N)=O)(c1ccccc1)C(F)(F)F. The minimum atomic E-state index is -4.91. The molecule has 1 aromatic rings. The molecule has 16 heavy (non-hydrogen) atoms. The third kappa shape index (κ3) is 1.76. The molecule has 2 N–H and O–H groups in total. The fraction of sp³-hybridized carbons (Fsp3) is 0.300. The monoisotopic (exact) mass is 233 g/mol. The normalized spacial score (nSPS) is 15.5. The van der Waals surface area contributed by atoms with Gasteiger partial charge in [0.05, 0.1) is 0 Å². The molecule has 1 amide bonds. The number of methoxy groups -OCH3 is 1. The Hall–Kier alpha value is -1.56. The van der Waals surface area contributed by atoms with E-state index in [1.807, 2.05) is 0 Å². The minimum absolute atomic E-state index is 0.336. The van der Waals surface area contributed by atoms with Gasteiger partial charge in [-0.15, -0.1) is 0 Å². The Labute approximate surface area is 90.0 Å². The highest BCUT2D eigenvalue weighted by Gasteiger charge is 2.61. The van der Waals surface area contributed by atoms with E-state index in [1.54, 1.807) is 0 Å². The maximum Gasteiger partial charge on any atom is 0.430 e. The van der Waals surface area contributed by atoms with Gasteiger partial charge < -0.3 is 10.5 Å². The fourth-order valence-corrected chi connectivity index (χ4v) is 1.45. The van der Waals surface area contributed by atoms with E-state index >= 15 is 0 Å². The summed E-state index contributed by atoms with van der Waals surface area (Å²) in [5.41, 5.74) is 1.39. The molecule has 0 aliphatic rings. The Morgan fingerprint density at radius 1 is 1.25 bits per heavy atom. The van der Waals surface area contributed by atoms with Gasteiger partial charge in [-0.05, 0) is 0 Å². The van der Waals surface area contributed by atoms with Gasteiger partial charge in [-0.25, -0.2) is 0 Å². The van der Waals surface area contributed by atoms with E-state index in [9.17, 15) is 18.0 Å². The lowest BCUT2D eigenvalue weighted by Crippen LogP contribution is -2.54. The zero-order chi connectivity index (χ0) is 12.4. The Balaban J connectivity index is 3.42. The number of alkyl halides is 3. The average molecular weight is 233 g/mol. The van der Waals surface area contributed by atoms with E-state index in [0.29, 0.717) is 0 Å². The summed E-state index contributed by atoms with van der Waals surface area (Å²) in [7, 11) is 0.797. The van der Waals surface area contributed by atoms with Gasteiger partial charge in [-0.2, -0.15) is 13.2 Å². The molecule has 0 unspecified atom stereocenters. The highest BCUT2D eigenvalue weighted by Crippen LogP contribution is 2.41. The number of ether oxygens (including phenoxy) is 1. The van der Waals surface area contributed by atoms with Crippen molar-refractivity contribution in [2.75, 3.05) is 7.11 Å². The van der Waals surface area contributed by atoms with Crippen molar-refractivity contribution in [3.05, 3.63) is 35.9 Å². The molecule has 0 aliphatic carbocycles. The van der Waals surface area contributed by atoms with Crippen molar-refractivity contribution in [2.24, 2.45) is 5.73 Å². The van der Waals surface area contributed by atoms with Crippen molar-refractivity contribution < 1.29 is 22.7 Å². The van der Waals surface area contributed by atoms with Crippen LogP contribution in [-0.4, -0.2) is 19.2 Å². The van der Waals surface area contributed by atoms with E-state index < -0.39 is 17.7 Å². The van der Waals surface area contributed by atoms with Crippen molar-refractivity contribution in [1.29, 1.82) is 0 Å². The quantitative estimate of drug-likeness (QED) is 0.861. The summed E-state index contributed by atoms with van der Waals surface area (Å²) < 4.78 is 43.0. The first-order chi connectivity index (χ1) is 7.36. The molecule has 0 aliphatic heterocycles. The molecule has 0 bridgehead atoms. The van der Waals surface area contributed by atoms with Gasteiger partial charge in [0, 0.05) is 12.7 Å². The first-order valence-corrected chi connectivity index (χ1v) is 4.33. The van der Waals surface area contributed by atoms with Gasteiger partial charge in [0.15, 0.2) is 0 Å². The van der Waals surface area contributed by atoms with Crippen LogP contribution in [0.3, 0.4) is 0 Å². The van der Waals surface area contributed by atoms with Gasteiger partial charge >= 0.3 is 6.18 Å². The summed E-state index contributed by atoms with van der Waals surface area (Å²) in [6, 6.07) is 6.56. The van der Waals surface area contributed by atoms with Crippen LogP contribution in [0.5, 0.6) is 0 Å². The molecular formula is C10H10F3NO2. The highest BCUT2D eigenvalue weighted by atomic mass is 19.4. The predicted octanol–water partition coefficient (Wildman–Crippen LogP) is 1.58. The van der Waals surface area contributed by atoms with Crippen LogP contribution >= 0.6 is 0 Å². The molecular weight excluding hydrogens is 223 g/mol. The first-order valence-electron chi connectivity index (χ1n) is 4.33. The number of rotatable bonds is 3. The topological polar surface area (TPSA) is 52.3 Å². The summed E-state index contributed by atoms with van der Waals surface area (Å²) in [6.07, 6.45) is -4.91. The van der Waals surface area contributed by atoms with Crippen LogP contribution in [0.1, 0.15) is 5.56 Å². The summed E-state index contributed by atoms with van der Waals surface area (Å²) in [5.74, 6) is -1.59. The van der Waals surface area contributed by atoms with Gasteiger partial charge in [0.2, 0.25) is 0 Å². The zero-order valence-electron chi connectivity index (χ0n) is 8.41. The molecule has 1 atom stereocenters. The number of carbonyl (C=O) groups excluding carboxylic acids is 1. The fourth-order valence-electron chi connectivity index (χ4n) is 1.45. The number of nitrogens with two attached hydrogens (primary N) is 1. The maximum atomic E-state index is 12.9. The summed E-state index contributed by atoms with van der Waals surface area (Å²) >= 11 is 0. The number of amides is 1. The van der Waals surface area contributed by atoms with Gasteiger partial charge in [0.1, 0.15) is 0 Å². The standard InChI is InChI=1S/C10H10F3NO2/c1-16-9(8(14)15,10(11,12)13)7-5-3-2-4-6-7/h2-6H,1H3,(H2,14,15)/t9-/m1/s1. The molecule has 6 heteroatoms. The molecule has 0 radical (unpaired) electrons. The Morgan fingerprint density at radius 3 is 2.06 bits per heavy atom. The summed E-state index contributed by atoms with van der Waals surface area (Å²) in [5, 5.41) is 0. The van der Waals surface area contributed by atoms with E-state index in [1.165, 1.54) is 18.2 Å². The Morgan fingerprint density at radius 2 is 1.75 bits per heavy atom. The first kappa shape index (κ1) is 12.5. The van der Waals surface area contributed by atoms with E-state index in [2.05, 4.69) is 4.74 Å². The molecule has 88 valence electrons. The van der Waals surface area contributed by atoms with Crippen molar-refractivity contribution in [3.63, 3.8) is 0 Å². The molecule has 0 saturated heterocycles. The number of hydrogen-bond acceptors (Lipinski definition) is 2. The predicted molar refractivity (Wildman–Crippen MR) is 50.4 cm³/mol. The third-order valence-corrected chi connectivity index (χ3v) is 2.23. The molecule has 0 aromatic heterocycles. The maximum absolute atomic E-state index is 12.9. The van der Waals surface area contributed by atoms with Crippen molar-refractivity contribution in [2.45, 2.75) is 11.8 Å². The molecule has 1 aromatic carbocycles. The van der Waals surface area contributed by atoms with E-state index in [-0.39, 0.29) is 5.56 Å². The van der Waals surface area contributed by atoms with Crippen molar-refractivity contribution in [3.8, 4) is 0 Å². The highest BCUT2D eigenvalue weighted by molar-refractivity contribution is 5.86. The van der Waals surface area contributed by atoms with E-state index in [4.69, 9.17) is 5.73 Å². The van der Waals surface area contributed by atoms with Crippen LogP contribution in [0, 0.1) is 0 Å². The van der Waals surface area contributed by atoms with Crippen LogP contribution in [0.2, 0.25) is 0 Å². The number of hydrogen-bond donors (Lipinski definition) is 1. The molecule has 1 rings (SSSR count). The number of benzene rings is 1. The third-order valence-electron chi connectivity index (χ3n) is 2.23. The molecule has 0 fully saturated rings. The largest absolute Gasteiger partial charge is 0.430 e. The number of primary amides is 1. The second-order valence-electron chi connectivity index (χ2n) is 3.11. The van der Waals surface area contributed by atoms with Crippen LogP contribution in [-0.2, 0) is 15.1 Å². The molecule has 0 saturated carbocycles. The molecule has 0 heterocycles. The second kappa shape index (κ2) is 4.13. The summed E-state index contributed by atoms with van der Waals surface area (Å²) in [6.45, 7) is 0. The van der Waals surface area contributed by atoms with Crippen LogP contribution in [0.25, 0.3) is 0 Å². The van der Waals surface area contributed by atoms with E-state index in [0.717, 1.165) is 19.2 Å².